The van der Waals surface area contributed by atoms with E-state index in [1.165, 1.54) is 19.3 Å². The van der Waals surface area contributed by atoms with Gasteiger partial charge in [0.15, 0.2) is 17.0 Å². The van der Waals surface area contributed by atoms with Crippen molar-refractivity contribution in [1.29, 1.82) is 0 Å². The number of amides is 1. The highest BCUT2D eigenvalue weighted by Crippen LogP contribution is 2.42. The number of para-hydroxylation sites is 1. The molecule has 1 saturated heterocycles. The summed E-state index contributed by atoms with van der Waals surface area (Å²) >= 11 is 1.60. The van der Waals surface area contributed by atoms with E-state index in [9.17, 15) is 4.79 Å². The van der Waals surface area contributed by atoms with Crippen LogP contribution in [0.15, 0.2) is 53.4 Å². The van der Waals surface area contributed by atoms with Crippen molar-refractivity contribution in [3.63, 3.8) is 0 Å². The molecule has 4 rings (SSSR count). The normalized spacial score (nSPS) is 24.6. The predicted octanol–water partition coefficient (Wildman–Crippen LogP) is 5.98. The largest absolute Gasteiger partial charge is 0.493 e. The van der Waals surface area contributed by atoms with Crippen molar-refractivity contribution in [2.45, 2.75) is 51.1 Å². The summed E-state index contributed by atoms with van der Waals surface area (Å²) in [4.78, 5) is 16.5. The van der Waals surface area contributed by atoms with Gasteiger partial charge in [-0.2, -0.15) is 0 Å². The van der Waals surface area contributed by atoms with Crippen LogP contribution in [0, 0.1) is 5.92 Å². The fourth-order valence-corrected chi connectivity index (χ4v) is 5.78. The molecule has 0 aromatic heterocycles. The van der Waals surface area contributed by atoms with Gasteiger partial charge in [0.2, 0.25) is 0 Å². The van der Waals surface area contributed by atoms with E-state index in [-0.39, 0.29) is 17.4 Å². The van der Waals surface area contributed by atoms with Gasteiger partial charge in [0.05, 0.1) is 18.6 Å². The molecular formula is C26H32N2O3S. The number of anilines is 1. The van der Waals surface area contributed by atoms with E-state index < -0.39 is 0 Å². The maximum absolute atomic E-state index is 13.6. The fourth-order valence-electron chi connectivity index (χ4n) is 4.57. The van der Waals surface area contributed by atoms with E-state index in [4.69, 9.17) is 9.47 Å². The molecular weight excluding hydrogens is 420 g/mol. The van der Waals surface area contributed by atoms with Crippen LogP contribution < -0.4 is 14.8 Å². The monoisotopic (exact) mass is 452 g/mol. The summed E-state index contributed by atoms with van der Waals surface area (Å²) in [7, 11) is 1.63. The van der Waals surface area contributed by atoms with Crippen molar-refractivity contribution >= 4 is 29.4 Å². The lowest BCUT2D eigenvalue weighted by Crippen LogP contribution is -2.48. The summed E-state index contributed by atoms with van der Waals surface area (Å²) in [6, 6.07) is 16.2. The molecule has 2 aliphatic rings. The van der Waals surface area contributed by atoms with Gasteiger partial charge in [-0.1, -0.05) is 55.8 Å². The van der Waals surface area contributed by atoms with Crippen LogP contribution in [-0.2, 0) is 4.79 Å². The Bertz CT molecular complexity index is 963. The van der Waals surface area contributed by atoms with E-state index >= 15 is 0 Å². The minimum Gasteiger partial charge on any atom is -0.493 e. The van der Waals surface area contributed by atoms with Crippen molar-refractivity contribution in [2.75, 3.05) is 19.0 Å². The Labute approximate surface area is 195 Å². The Morgan fingerprint density at radius 2 is 1.91 bits per heavy atom. The molecule has 1 N–H and O–H groups in total. The van der Waals surface area contributed by atoms with Crippen molar-refractivity contribution in [3.05, 3.63) is 59.0 Å². The third-order valence-electron chi connectivity index (χ3n) is 6.21. The molecule has 5 nitrogen and oxygen atoms in total. The van der Waals surface area contributed by atoms with Gasteiger partial charge in [0, 0.05) is 11.7 Å². The molecule has 32 heavy (non-hydrogen) atoms. The zero-order valence-corrected chi connectivity index (χ0v) is 19.9. The Morgan fingerprint density at radius 3 is 2.62 bits per heavy atom. The molecule has 0 spiro atoms. The summed E-state index contributed by atoms with van der Waals surface area (Å²) in [6.07, 6.45) is 6.63. The lowest BCUT2D eigenvalue weighted by molar-refractivity contribution is -0.129. The Morgan fingerprint density at radius 1 is 1.12 bits per heavy atom. The second-order valence-corrected chi connectivity index (χ2v) is 9.50. The number of hydrogen-bond donors (Lipinski definition) is 1. The predicted molar refractivity (Wildman–Crippen MR) is 132 cm³/mol. The standard InChI is InChI=1S/C26H32N2O3S/c1-4-31-23-16-19(14-15-22(23)30-3)17-24-25(29)28(21-13-9-8-10-18(21)2)26(32-24)27-20-11-6-5-7-12-20/h5-7,11-12,14-18,21,26-27H,4,8-10,13H2,1-3H3/b24-17-/t18-,21+,26?/m1/s1. The molecule has 1 saturated carbocycles. The summed E-state index contributed by atoms with van der Waals surface area (Å²) < 4.78 is 11.1. The van der Waals surface area contributed by atoms with Gasteiger partial charge in [-0.3, -0.25) is 4.79 Å². The lowest BCUT2D eigenvalue weighted by Gasteiger charge is -2.39. The minimum absolute atomic E-state index is 0.107. The molecule has 170 valence electrons. The fraction of sp³-hybridized carbons (Fsp3) is 0.423. The van der Waals surface area contributed by atoms with Gasteiger partial charge >= 0.3 is 0 Å². The molecule has 3 atom stereocenters. The van der Waals surface area contributed by atoms with Crippen LogP contribution in [0.3, 0.4) is 0 Å². The number of thioether (sulfide) groups is 1. The lowest BCUT2D eigenvalue weighted by atomic mass is 9.85. The Balaban J connectivity index is 1.64. The Kier molecular flexibility index (Phi) is 7.30. The van der Waals surface area contributed by atoms with Crippen LogP contribution in [0.1, 0.15) is 45.1 Å². The van der Waals surface area contributed by atoms with Gasteiger partial charge in [0.25, 0.3) is 5.91 Å². The molecule has 0 bridgehead atoms. The molecule has 1 unspecified atom stereocenters. The van der Waals surface area contributed by atoms with E-state index in [1.807, 2.05) is 61.5 Å². The van der Waals surface area contributed by atoms with Crippen molar-refractivity contribution in [1.82, 2.24) is 4.90 Å². The smallest absolute Gasteiger partial charge is 0.262 e. The summed E-state index contributed by atoms with van der Waals surface area (Å²) in [5.41, 5.74) is 1.84. The number of carbonyl (C=O) groups excluding carboxylic acids is 1. The van der Waals surface area contributed by atoms with E-state index in [0.29, 0.717) is 24.0 Å². The molecule has 2 aromatic rings. The summed E-state index contributed by atoms with van der Waals surface area (Å²) in [5.74, 6) is 1.99. The van der Waals surface area contributed by atoms with Gasteiger partial charge in [-0.05, 0) is 61.6 Å². The van der Waals surface area contributed by atoms with E-state index in [2.05, 4.69) is 17.1 Å². The van der Waals surface area contributed by atoms with Crippen molar-refractivity contribution in [2.24, 2.45) is 5.92 Å². The summed E-state index contributed by atoms with van der Waals surface area (Å²) in [5, 5.41) is 3.59. The first-order valence-corrected chi connectivity index (χ1v) is 12.3. The van der Waals surface area contributed by atoms with Gasteiger partial charge < -0.3 is 19.7 Å². The highest BCUT2D eigenvalue weighted by molar-refractivity contribution is 8.05. The number of nitrogens with zero attached hydrogens (tertiary/aromatic N) is 1. The third-order valence-corrected chi connectivity index (χ3v) is 7.32. The number of benzene rings is 2. The van der Waals surface area contributed by atoms with E-state index in [1.54, 1.807) is 18.9 Å². The second-order valence-electron chi connectivity index (χ2n) is 8.37. The maximum Gasteiger partial charge on any atom is 0.262 e. The molecule has 6 heteroatoms. The highest BCUT2D eigenvalue weighted by atomic mass is 32.2. The first-order chi connectivity index (χ1) is 15.6. The van der Waals surface area contributed by atoms with Crippen LogP contribution in [0.4, 0.5) is 5.69 Å². The number of nitrogens with one attached hydrogen (secondary N) is 1. The van der Waals surface area contributed by atoms with Gasteiger partial charge in [0.1, 0.15) is 0 Å². The first-order valence-electron chi connectivity index (χ1n) is 11.4. The van der Waals surface area contributed by atoms with Crippen LogP contribution in [0.5, 0.6) is 11.5 Å². The molecule has 2 aromatic carbocycles. The highest BCUT2D eigenvalue weighted by Gasteiger charge is 2.42. The first kappa shape index (κ1) is 22.6. The van der Waals surface area contributed by atoms with Gasteiger partial charge in [-0.15, -0.1) is 0 Å². The molecule has 1 heterocycles. The zero-order chi connectivity index (χ0) is 22.5. The van der Waals surface area contributed by atoms with Crippen LogP contribution in [0.2, 0.25) is 0 Å². The van der Waals surface area contributed by atoms with Crippen LogP contribution in [0.25, 0.3) is 6.08 Å². The van der Waals surface area contributed by atoms with Crippen molar-refractivity contribution in [3.8, 4) is 11.5 Å². The number of rotatable bonds is 7. The molecule has 1 aliphatic carbocycles. The third kappa shape index (κ3) is 4.90. The average molecular weight is 453 g/mol. The quantitative estimate of drug-likeness (QED) is 0.523. The Hall–Kier alpha value is -2.60. The molecule has 0 radical (unpaired) electrons. The number of carbonyl (C=O) groups is 1. The number of hydrogen-bond acceptors (Lipinski definition) is 5. The van der Waals surface area contributed by atoms with E-state index in [0.717, 1.165) is 22.6 Å². The second kappa shape index (κ2) is 10.3. The molecule has 2 fully saturated rings. The van der Waals surface area contributed by atoms with Crippen molar-refractivity contribution < 1.29 is 14.3 Å². The number of methoxy groups -OCH3 is 1. The number of ether oxygens (including phenoxy) is 2. The van der Waals surface area contributed by atoms with Crippen LogP contribution >= 0.6 is 11.8 Å². The zero-order valence-electron chi connectivity index (χ0n) is 19.0. The average Bonchev–Trinajstić information content (AvgIpc) is 3.09. The minimum atomic E-state index is -0.119. The molecule has 1 amide bonds. The maximum atomic E-state index is 13.6. The summed E-state index contributed by atoms with van der Waals surface area (Å²) in [6.45, 7) is 4.78. The molecule has 1 aliphatic heterocycles. The SMILES string of the molecule is CCOc1cc(/C=C2\SC(Nc3ccccc3)N([C@H]3CCCC[C@H]3C)C2=O)ccc1OC. The van der Waals surface area contributed by atoms with Crippen LogP contribution in [-0.4, -0.2) is 36.1 Å². The topological polar surface area (TPSA) is 50.8 Å². The van der Waals surface area contributed by atoms with Gasteiger partial charge in [-0.25, -0.2) is 0 Å².